The lowest BCUT2D eigenvalue weighted by molar-refractivity contribution is -0.385. The Bertz CT molecular complexity index is 729. The summed E-state index contributed by atoms with van der Waals surface area (Å²) in [6.07, 6.45) is 6.68. The number of hydrogen-bond acceptors (Lipinski definition) is 5. The van der Waals surface area contributed by atoms with Crippen molar-refractivity contribution in [1.82, 2.24) is 6.15 Å². The zero-order valence-corrected chi connectivity index (χ0v) is 11.5. The third-order valence-corrected chi connectivity index (χ3v) is 3.48. The van der Waals surface area contributed by atoms with Gasteiger partial charge in [0.05, 0.1) is 17.6 Å². The van der Waals surface area contributed by atoms with Crippen molar-refractivity contribution in [3.8, 4) is 0 Å². The summed E-state index contributed by atoms with van der Waals surface area (Å²) in [6, 6.07) is 4.71. The second-order valence-electron chi connectivity index (χ2n) is 4.62. The molecule has 3 rings (SSSR count). The molecule has 0 radical (unpaired) electrons. The maximum atomic E-state index is 11.7. The quantitative estimate of drug-likeness (QED) is 0.522. The van der Waals surface area contributed by atoms with Gasteiger partial charge in [0, 0.05) is 0 Å². The molecule has 6 heteroatoms. The van der Waals surface area contributed by atoms with E-state index in [1.807, 2.05) is 18.2 Å². The van der Waals surface area contributed by atoms with Gasteiger partial charge in [-0.25, -0.2) is 4.79 Å². The number of fused-ring (bicyclic) bond motifs is 2. The van der Waals surface area contributed by atoms with E-state index in [1.54, 1.807) is 12.1 Å². The normalized spacial score (nSPS) is 14.8. The fourth-order valence-electron chi connectivity index (χ4n) is 2.59. The highest BCUT2D eigenvalue weighted by Crippen LogP contribution is 2.42. The molecule has 1 aromatic carbocycles. The predicted molar refractivity (Wildman–Crippen MR) is 78.2 cm³/mol. The van der Waals surface area contributed by atoms with Gasteiger partial charge in [0.15, 0.2) is 0 Å². The molecule has 0 aromatic heterocycles. The lowest BCUT2D eigenvalue weighted by atomic mass is 9.97. The van der Waals surface area contributed by atoms with Gasteiger partial charge in [-0.1, -0.05) is 24.3 Å². The summed E-state index contributed by atoms with van der Waals surface area (Å²) in [5, 5.41) is 11.4. The summed E-state index contributed by atoms with van der Waals surface area (Å²) in [6.45, 7) is 0. The summed E-state index contributed by atoms with van der Waals surface area (Å²) in [4.78, 5) is 22.5. The molecule has 2 aliphatic rings. The zero-order chi connectivity index (χ0) is 14.3. The maximum Gasteiger partial charge on any atom is 0.344 e. The Balaban J connectivity index is 0.00000161. The van der Waals surface area contributed by atoms with Gasteiger partial charge in [-0.05, 0) is 35.3 Å². The Kier molecular flexibility index (Phi) is 3.73. The summed E-state index contributed by atoms with van der Waals surface area (Å²) in [5.41, 5.74) is 3.25. The number of carbonyl (C=O) groups excluding carboxylic acids is 1. The monoisotopic (exact) mass is 286 g/mol. The minimum atomic E-state index is -0.699. The summed E-state index contributed by atoms with van der Waals surface area (Å²) < 4.78 is 4.62. The highest BCUT2D eigenvalue weighted by Gasteiger charge is 2.29. The van der Waals surface area contributed by atoms with Crippen molar-refractivity contribution in [2.45, 2.75) is 6.42 Å². The van der Waals surface area contributed by atoms with Crippen molar-refractivity contribution in [1.29, 1.82) is 0 Å². The smallest absolute Gasteiger partial charge is 0.344 e. The molecular weight excluding hydrogens is 272 g/mol. The number of hydrogen-bond donors (Lipinski definition) is 1. The molecule has 0 amide bonds. The highest BCUT2D eigenvalue weighted by molar-refractivity contribution is 5.99. The SMILES string of the molecule is COC(=O)c1cccc(C2=C3C=CC(=C2)C3)c1[N+](=O)[O-].N. The van der Waals surface area contributed by atoms with Crippen molar-refractivity contribution >= 4 is 17.2 Å². The van der Waals surface area contributed by atoms with Crippen LogP contribution >= 0.6 is 0 Å². The number of esters is 1. The van der Waals surface area contributed by atoms with E-state index >= 15 is 0 Å². The molecule has 0 aliphatic heterocycles. The number of rotatable bonds is 3. The highest BCUT2D eigenvalue weighted by atomic mass is 16.6. The van der Waals surface area contributed by atoms with Crippen LogP contribution in [0.3, 0.4) is 0 Å². The first kappa shape index (κ1) is 14.7. The van der Waals surface area contributed by atoms with Gasteiger partial charge < -0.3 is 10.9 Å². The number of nitro benzene ring substituents is 1. The lowest BCUT2D eigenvalue weighted by Crippen LogP contribution is -2.07. The minimum absolute atomic E-state index is 0. The van der Waals surface area contributed by atoms with Crippen LogP contribution < -0.4 is 6.15 Å². The number of nitro groups is 1. The van der Waals surface area contributed by atoms with Crippen molar-refractivity contribution in [3.63, 3.8) is 0 Å². The molecule has 21 heavy (non-hydrogen) atoms. The van der Waals surface area contributed by atoms with Crippen molar-refractivity contribution < 1.29 is 14.5 Å². The largest absolute Gasteiger partial charge is 0.465 e. The topological polar surface area (TPSA) is 104 Å². The fraction of sp³-hybridized carbons (Fsp3) is 0.133. The number of nitrogens with zero attached hydrogens (tertiary/aromatic N) is 1. The van der Waals surface area contributed by atoms with E-state index in [0.717, 1.165) is 23.1 Å². The van der Waals surface area contributed by atoms with Gasteiger partial charge in [-0.2, -0.15) is 0 Å². The Morgan fingerprint density at radius 3 is 2.62 bits per heavy atom. The van der Waals surface area contributed by atoms with E-state index in [9.17, 15) is 14.9 Å². The van der Waals surface area contributed by atoms with Gasteiger partial charge in [0.25, 0.3) is 5.69 Å². The molecule has 1 aromatic rings. The number of allylic oxidation sites excluding steroid dienone is 6. The molecule has 0 spiro atoms. The van der Waals surface area contributed by atoms with Crippen LogP contribution in [-0.2, 0) is 4.74 Å². The second-order valence-corrected chi connectivity index (χ2v) is 4.62. The fourth-order valence-corrected chi connectivity index (χ4v) is 2.59. The van der Waals surface area contributed by atoms with E-state index in [0.29, 0.717) is 5.56 Å². The molecular formula is C15H14N2O4. The van der Waals surface area contributed by atoms with E-state index in [1.165, 1.54) is 13.2 Å². The van der Waals surface area contributed by atoms with Gasteiger partial charge >= 0.3 is 5.97 Å². The van der Waals surface area contributed by atoms with Crippen LogP contribution in [0.15, 0.2) is 47.6 Å². The first-order valence-corrected chi connectivity index (χ1v) is 6.09. The number of methoxy groups -OCH3 is 1. The molecule has 0 fully saturated rings. The van der Waals surface area contributed by atoms with Crippen molar-refractivity contribution in [3.05, 3.63) is 68.8 Å². The van der Waals surface area contributed by atoms with Crippen molar-refractivity contribution in [2.75, 3.05) is 7.11 Å². The number of benzene rings is 1. The summed E-state index contributed by atoms with van der Waals surface area (Å²) in [5.74, 6) is -0.699. The Morgan fingerprint density at radius 1 is 1.33 bits per heavy atom. The number of ether oxygens (including phenoxy) is 1. The van der Waals surface area contributed by atoms with Crippen LogP contribution in [-0.4, -0.2) is 18.0 Å². The molecule has 0 heterocycles. The molecule has 3 N–H and O–H groups in total. The second kappa shape index (κ2) is 5.34. The van der Waals surface area contributed by atoms with Crippen molar-refractivity contribution in [2.24, 2.45) is 0 Å². The van der Waals surface area contributed by atoms with Crippen LogP contribution in [0.5, 0.6) is 0 Å². The lowest BCUT2D eigenvalue weighted by Gasteiger charge is -2.08. The van der Waals surface area contributed by atoms with Crippen LogP contribution in [0.1, 0.15) is 22.3 Å². The van der Waals surface area contributed by atoms with Crippen LogP contribution in [0.25, 0.3) is 5.57 Å². The zero-order valence-electron chi connectivity index (χ0n) is 11.5. The minimum Gasteiger partial charge on any atom is -0.465 e. The van der Waals surface area contributed by atoms with Crippen LogP contribution in [0.2, 0.25) is 0 Å². The summed E-state index contributed by atoms with van der Waals surface area (Å²) >= 11 is 0. The van der Waals surface area contributed by atoms with E-state index in [4.69, 9.17) is 0 Å². The first-order chi connectivity index (χ1) is 9.61. The molecule has 2 aliphatic carbocycles. The average molecular weight is 286 g/mol. The van der Waals surface area contributed by atoms with Gasteiger partial charge in [-0.15, -0.1) is 0 Å². The first-order valence-electron chi connectivity index (χ1n) is 6.09. The third kappa shape index (κ3) is 2.25. The molecule has 0 unspecified atom stereocenters. The molecule has 0 saturated heterocycles. The van der Waals surface area contributed by atoms with Gasteiger partial charge in [-0.3, -0.25) is 10.1 Å². The molecule has 2 bridgehead atoms. The van der Waals surface area contributed by atoms with Crippen LogP contribution in [0, 0.1) is 10.1 Å². The number of para-hydroxylation sites is 1. The van der Waals surface area contributed by atoms with Gasteiger partial charge in [0.2, 0.25) is 0 Å². The molecule has 0 atom stereocenters. The molecule has 108 valence electrons. The van der Waals surface area contributed by atoms with E-state index in [2.05, 4.69) is 4.74 Å². The van der Waals surface area contributed by atoms with E-state index in [-0.39, 0.29) is 17.4 Å². The number of carbonyl (C=O) groups is 1. The summed E-state index contributed by atoms with van der Waals surface area (Å²) in [7, 11) is 1.21. The molecule has 0 saturated carbocycles. The van der Waals surface area contributed by atoms with E-state index < -0.39 is 10.9 Å². The molecule has 6 nitrogen and oxygen atoms in total. The Morgan fingerprint density at radius 2 is 2.10 bits per heavy atom. The Labute approximate surface area is 121 Å². The maximum absolute atomic E-state index is 11.7. The third-order valence-electron chi connectivity index (χ3n) is 3.48. The Hall–Kier alpha value is -2.73. The predicted octanol–water partition coefficient (Wildman–Crippen LogP) is 3.20. The average Bonchev–Trinajstić information content (AvgIpc) is 3.08. The van der Waals surface area contributed by atoms with Gasteiger partial charge in [0.1, 0.15) is 5.56 Å². The van der Waals surface area contributed by atoms with Crippen LogP contribution in [0.4, 0.5) is 5.69 Å². The standard InChI is InChI=1S/C15H11NO4.H3N/c1-20-15(17)12-4-2-3-11(14(12)16(18)19)13-8-9-5-6-10(13)7-9;/h2-6,8H,7H2,1H3;1H3.